The molecule has 0 heterocycles. The summed E-state index contributed by atoms with van der Waals surface area (Å²) in [5, 5.41) is 0. The van der Waals surface area contributed by atoms with Crippen LogP contribution in [0.5, 0.6) is 5.75 Å². The number of benzene rings is 9. The number of hydrogen-bond acceptors (Lipinski definition) is 2. The van der Waals surface area contributed by atoms with E-state index in [0.29, 0.717) is 11.7 Å². The molecule has 0 radical (unpaired) electrons. The molecule has 9 rings (SSSR count). The highest BCUT2D eigenvalue weighted by atomic mass is 127. The van der Waals surface area contributed by atoms with Crippen LogP contribution in [-0.4, -0.2) is 31.2 Å². The number of halogens is 4. The molecule has 0 N–H and O–H groups in total. The Balaban J connectivity index is 0.000000997. The molecule has 0 aliphatic heterocycles. The van der Waals surface area contributed by atoms with E-state index in [0.717, 1.165) is 11.3 Å². The number of rotatable bonds is 13. The fourth-order valence-electron chi connectivity index (χ4n) is 6.95. The standard InChI is InChI=1S/C20H26I.C15H16I.C13H12IO.C12H10I.C10H13OS.5CH4/c1-19(2,3)15-7-11-17(12-8-15)21-18-13-9-16(10-14-18)20(4,5)6;1-12(2)13-8-10-15(11-9-13)16-14-6-4-3-5-7-14;1-15-13-9-7-12(8-10-13)14-11-5-3-2-4-6-11;1-3-7-11(8-4-1)13-12-9-5-2-6-10-12;1-12(2)8-10(11)9-6-4-3-5-7-9;;;;;/h7-14H,1-6H3;3-12H,1-2H3;2-10H,1H3;1-10H;3-7H,8H2,1-2H3;5*1H4/q5*+1;;;;;. The average Bonchev–Trinajstić information content (AvgIpc) is 3.46. The summed E-state index contributed by atoms with van der Waals surface area (Å²) >= 11 is -0.0905. The van der Waals surface area contributed by atoms with Gasteiger partial charge in [0.25, 0.3) is 0 Å². The molecule has 438 valence electrons. The predicted molar refractivity (Wildman–Crippen MR) is 348 cm³/mol. The lowest BCUT2D eigenvalue weighted by atomic mass is 9.87. The van der Waals surface area contributed by atoms with Crippen molar-refractivity contribution in [2.24, 2.45) is 0 Å². The lowest BCUT2D eigenvalue weighted by Crippen LogP contribution is -3.61. The van der Waals surface area contributed by atoms with Gasteiger partial charge in [-0.1, -0.05) is 232 Å². The van der Waals surface area contributed by atoms with Crippen LogP contribution in [0, 0.1) is 28.6 Å². The van der Waals surface area contributed by atoms with E-state index in [1.807, 2.05) is 42.5 Å². The lowest BCUT2D eigenvalue weighted by Gasteiger charge is -2.18. The summed E-state index contributed by atoms with van der Waals surface area (Å²) < 4.78 is 16.9. The second-order valence-corrected chi connectivity index (χ2v) is 34.7. The summed E-state index contributed by atoms with van der Waals surface area (Å²) in [6, 6.07) is 88.1. The molecule has 2 nitrogen and oxygen atoms in total. The summed E-state index contributed by atoms with van der Waals surface area (Å²) in [4.78, 5) is 11.5. The zero-order valence-corrected chi connectivity index (χ0v) is 56.1. The van der Waals surface area contributed by atoms with Crippen molar-refractivity contribution in [3.63, 3.8) is 0 Å². The Bertz CT molecular complexity index is 2900. The van der Waals surface area contributed by atoms with E-state index in [1.54, 1.807) is 7.11 Å². The van der Waals surface area contributed by atoms with Gasteiger partial charge in [0.15, 0.2) is 34.3 Å². The minimum Gasteiger partial charge on any atom is -0.497 e. The van der Waals surface area contributed by atoms with Crippen molar-refractivity contribution >= 4 is 16.7 Å². The minimum absolute atomic E-state index is 0. The van der Waals surface area contributed by atoms with Gasteiger partial charge in [-0.2, -0.15) is 0 Å². The van der Waals surface area contributed by atoms with E-state index in [2.05, 4.69) is 274 Å². The van der Waals surface area contributed by atoms with Crippen LogP contribution in [0.15, 0.2) is 249 Å². The van der Waals surface area contributed by atoms with Crippen molar-refractivity contribution in [3.05, 3.63) is 300 Å². The summed E-state index contributed by atoms with van der Waals surface area (Å²) in [6.45, 7) is 18.1. The van der Waals surface area contributed by atoms with E-state index in [1.165, 1.54) is 45.3 Å². The van der Waals surface area contributed by atoms with E-state index < -0.39 is 0 Å². The van der Waals surface area contributed by atoms with Crippen molar-refractivity contribution in [2.75, 3.05) is 25.4 Å². The largest absolute Gasteiger partial charge is 0.497 e. The number of Topliss-reactive ketones (excluding diaryl/α,β-unsaturated/α-hetero) is 1. The minimum atomic E-state index is -0.0703. The predicted octanol–water partition coefficient (Wildman–Crippen LogP) is 7.91. The van der Waals surface area contributed by atoms with Crippen molar-refractivity contribution in [3.8, 4) is 5.75 Å². The van der Waals surface area contributed by atoms with Gasteiger partial charge < -0.3 is 4.74 Å². The molecule has 9 aromatic carbocycles. The third kappa shape index (κ3) is 30.5. The van der Waals surface area contributed by atoms with Gasteiger partial charge in [-0.3, -0.25) is 4.79 Å². The van der Waals surface area contributed by atoms with E-state index >= 15 is 0 Å². The molecular weight excluding hydrogens is 1470 g/mol. The smallest absolute Gasteiger partial charge is 0.357 e. The molecule has 0 aliphatic rings. The molecule has 0 amide bonds. The molecule has 0 saturated heterocycles. The maximum absolute atomic E-state index is 11.5. The van der Waals surface area contributed by atoms with Crippen molar-refractivity contribution in [1.29, 1.82) is 0 Å². The van der Waals surface area contributed by atoms with Crippen LogP contribution >= 0.6 is 0 Å². The van der Waals surface area contributed by atoms with Crippen LogP contribution in [0.3, 0.4) is 0 Å². The third-order valence-electron chi connectivity index (χ3n) is 11.3. The highest BCUT2D eigenvalue weighted by Gasteiger charge is 2.21. The van der Waals surface area contributed by atoms with Crippen LogP contribution in [0.1, 0.15) is 125 Å². The Morgan fingerprint density at radius 2 is 0.622 bits per heavy atom. The Morgan fingerprint density at radius 3 is 0.866 bits per heavy atom. The van der Waals surface area contributed by atoms with Gasteiger partial charge in [0.2, 0.25) is 5.78 Å². The molecule has 0 saturated carbocycles. The van der Waals surface area contributed by atoms with Gasteiger partial charge in [0, 0.05) is 5.56 Å². The van der Waals surface area contributed by atoms with Gasteiger partial charge in [-0.15, -0.1) is 0 Å². The summed E-state index contributed by atoms with van der Waals surface area (Å²) in [5.74, 6) is 2.48. The summed E-state index contributed by atoms with van der Waals surface area (Å²) in [6.07, 6.45) is 4.17. The molecule has 82 heavy (non-hydrogen) atoms. The maximum Gasteiger partial charge on any atom is 0.357 e. The van der Waals surface area contributed by atoms with Gasteiger partial charge in [-0.05, 0) is 154 Å². The molecular formula is C75H97I4O2S+5. The summed E-state index contributed by atoms with van der Waals surface area (Å²) in [7, 11) is 1.90. The number of methoxy groups -OCH3 is 1. The fourth-order valence-corrected chi connectivity index (χ4v) is 16.5. The lowest BCUT2D eigenvalue weighted by molar-refractivity contribution is -0.597. The second-order valence-electron chi connectivity index (χ2n) is 20.4. The fraction of sp³-hybridized carbons (Fsp3) is 0.267. The van der Waals surface area contributed by atoms with Crippen LogP contribution in [-0.2, 0) is 21.7 Å². The Labute approximate surface area is 545 Å². The van der Waals surface area contributed by atoms with Gasteiger partial charge >= 0.3 is 84.8 Å². The second kappa shape index (κ2) is 41.7. The van der Waals surface area contributed by atoms with Gasteiger partial charge in [-0.25, -0.2) is 0 Å². The van der Waals surface area contributed by atoms with Crippen LogP contribution in [0.4, 0.5) is 0 Å². The molecule has 0 atom stereocenters. The quantitative estimate of drug-likeness (QED) is 0.0668. The van der Waals surface area contributed by atoms with Crippen LogP contribution in [0.25, 0.3) is 0 Å². The zero-order valence-electron chi connectivity index (χ0n) is 46.7. The number of ether oxygens (including phenoxy) is 1. The van der Waals surface area contributed by atoms with Crippen LogP contribution in [0.2, 0.25) is 0 Å². The molecule has 7 heteroatoms. The Kier molecular flexibility index (Phi) is 39.5. The molecule has 0 aliphatic carbocycles. The van der Waals surface area contributed by atoms with Crippen molar-refractivity contribution in [1.82, 2.24) is 0 Å². The first-order chi connectivity index (χ1) is 36.9. The first kappa shape index (κ1) is 77.7. The molecule has 0 fully saturated rings. The number of ketones is 1. The molecule has 0 aromatic heterocycles. The Hall–Kier alpha value is -4.28. The Morgan fingerprint density at radius 1 is 0.378 bits per heavy atom. The van der Waals surface area contributed by atoms with Crippen molar-refractivity contribution in [2.45, 2.75) is 109 Å². The first-order valence-electron chi connectivity index (χ1n) is 25.8. The molecule has 0 unspecified atom stereocenters. The third-order valence-corrected chi connectivity index (χ3v) is 22.9. The number of carbonyl (C=O) groups excluding carboxylic acids is 1. The zero-order chi connectivity index (χ0) is 55.5. The van der Waals surface area contributed by atoms with Crippen LogP contribution < -0.4 is 89.6 Å². The number of hydrogen-bond donors (Lipinski definition) is 0. The highest BCUT2D eigenvalue weighted by molar-refractivity contribution is 7.96. The molecule has 9 aromatic rings. The maximum atomic E-state index is 11.5. The average molecular weight is 1570 g/mol. The van der Waals surface area contributed by atoms with Crippen molar-refractivity contribution < 1.29 is 94.4 Å². The highest BCUT2D eigenvalue weighted by Crippen LogP contribution is 2.22. The topological polar surface area (TPSA) is 26.3 Å². The van der Waals surface area contributed by atoms with E-state index in [-0.39, 0.29) is 149 Å². The summed E-state index contributed by atoms with van der Waals surface area (Å²) in [5.41, 5.74) is 5.58. The molecule has 0 spiro atoms. The number of carbonyl (C=O) groups is 1. The van der Waals surface area contributed by atoms with Gasteiger partial charge in [0.1, 0.15) is 5.75 Å². The molecule has 0 bridgehead atoms. The van der Waals surface area contributed by atoms with E-state index in [4.69, 9.17) is 4.74 Å². The SMILES string of the molecule is C.C.C.C.C.CC(C)(C)c1ccc([I+]c2ccc(C(C)(C)C)cc2)cc1.CC(C)c1ccc([I+]c2ccccc2)cc1.COc1ccc([I+]c2ccccc2)cc1.C[S+](C)CC(=O)c1ccccc1.c1ccc([I+]c2ccccc2)cc1. The normalized spacial score (nSPS) is 10.2. The monoisotopic (exact) mass is 1570 g/mol. The first-order valence-corrected chi connectivity index (χ1v) is 36.7. The van der Waals surface area contributed by atoms with E-state index in [9.17, 15) is 4.79 Å². The van der Waals surface area contributed by atoms with Gasteiger partial charge in [0.05, 0.1) is 19.6 Å².